The molecule has 2 aliphatic rings. The molecule has 0 amide bonds. The number of hydrogen-bond acceptors (Lipinski definition) is 6. The molecule has 2 aromatic rings. The summed E-state index contributed by atoms with van der Waals surface area (Å²) in [7, 11) is 0. The van der Waals surface area contributed by atoms with E-state index in [1.54, 1.807) is 19.1 Å². The highest BCUT2D eigenvalue weighted by Crippen LogP contribution is 2.40. The van der Waals surface area contributed by atoms with Gasteiger partial charge in [0.2, 0.25) is 0 Å². The highest BCUT2D eigenvalue weighted by Gasteiger charge is 2.39. The Morgan fingerprint density at radius 2 is 2.03 bits per heavy atom. The third-order valence-corrected chi connectivity index (χ3v) is 5.41. The van der Waals surface area contributed by atoms with Gasteiger partial charge in [-0.1, -0.05) is 6.07 Å². The smallest absolute Gasteiger partial charge is 0.172 e. The van der Waals surface area contributed by atoms with Crippen LogP contribution in [0, 0.1) is 12.7 Å². The first-order valence-corrected chi connectivity index (χ1v) is 9.73. The van der Waals surface area contributed by atoms with E-state index >= 15 is 0 Å². The zero-order valence-electron chi connectivity index (χ0n) is 16.7. The number of morpholine rings is 1. The zero-order valence-corrected chi connectivity index (χ0v) is 16.7. The fraction of sp³-hybridized carbons (Fsp3) is 0.409. The standard InChI is InChI=1S/C22H25FN2O4/c1-14-16(23)4-3-5-19(14)28-13-22(2)12-18(26)21-17(24)10-15(11-20(21)29-22)25-6-8-27-9-7-25/h3-5,10-11H,6-9,12-13,24H2,1-2H3. The van der Waals surface area contributed by atoms with Crippen molar-refractivity contribution in [3.63, 3.8) is 0 Å². The largest absolute Gasteiger partial charge is 0.489 e. The molecule has 0 aliphatic carbocycles. The van der Waals surface area contributed by atoms with Gasteiger partial charge in [0.25, 0.3) is 0 Å². The van der Waals surface area contributed by atoms with Crippen molar-refractivity contribution in [2.75, 3.05) is 43.5 Å². The number of nitrogens with two attached hydrogens (primary N) is 1. The summed E-state index contributed by atoms with van der Waals surface area (Å²) in [6, 6.07) is 8.36. The lowest BCUT2D eigenvalue weighted by molar-refractivity contribution is 0.0189. The number of Topliss-reactive ketones (excluding diaryl/α,β-unsaturated/α-hetero) is 1. The molecule has 0 bridgehead atoms. The van der Waals surface area contributed by atoms with Crippen molar-refractivity contribution < 1.29 is 23.4 Å². The van der Waals surface area contributed by atoms with Crippen LogP contribution in [0.1, 0.15) is 29.3 Å². The summed E-state index contributed by atoms with van der Waals surface area (Å²) in [6.45, 7) is 6.40. The van der Waals surface area contributed by atoms with Gasteiger partial charge in [0, 0.05) is 36.1 Å². The molecule has 0 saturated carbocycles. The average Bonchev–Trinajstić information content (AvgIpc) is 2.69. The Morgan fingerprint density at radius 3 is 2.79 bits per heavy atom. The van der Waals surface area contributed by atoms with Crippen molar-refractivity contribution in [2.45, 2.75) is 25.9 Å². The first kappa shape index (κ1) is 19.5. The Bertz CT molecular complexity index is 943. The molecule has 1 unspecified atom stereocenters. The predicted molar refractivity (Wildman–Crippen MR) is 108 cm³/mol. The molecule has 29 heavy (non-hydrogen) atoms. The molecule has 0 spiro atoms. The third-order valence-electron chi connectivity index (χ3n) is 5.41. The highest BCUT2D eigenvalue weighted by atomic mass is 19.1. The summed E-state index contributed by atoms with van der Waals surface area (Å²) >= 11 is 0. The number of halogens is 1. The molecule has 0 radical (unpaired) electrons. The molecule has 7 heteroatoms. The van der Waals surface area contributed by atoms with Crippen LogP contribution in [0.4, 0.5) is 15.8 Å². The maximum atomic E-state index is 13.8. The highest BCUT2D eigenvalue weighted by molar-refractivity contribution is 6.05. The molecule has 2 N–H and O–H groups in total. The second-order valence-electron chi connectivity index (χ2n) is 7.81. The molecular weight excluding hydrogens is 375 g/mol. The Labute approximate surface area is 169 Å². The van der Waals surface area contributed by atoms with E-state index in [2.05, 4.69) is 4.90 Å². The number of carbonyl (C=O) groups excluding carboxylic acids is 1. The topological polar surface area (TPSA) is 74.0 Å². The Morgan fingerprint density at radius 1 is 1.28 bits per heavy atom. The van der Waals surface area contributed by atoms with Crippen molar-refractivity contribution in [1.29, 1.82) is 0 Å². The molecule has 2 aliphatic heterocycles. The van der Waals surface area contributed by atoms with Crippen LogP contribution >= 0.6 is 0 Å². The van der Waals surface area contributed by atoms with Crippen LogP contribution < -0.4 is 20.1 Å². The zero-order chi connectivity index (χ0) is 20.6. The number of ketones is 1. The number of rotatable bonds is 4. The van der Waals surface area contributed by atoms with Gasteiger partial charge in [-0.3, -0.25) is 4.79 Å². The number of benzene rings is 2. The van der Waals surface area contributed by atoms with Crippen LogP contribution in [0.15, 0.2) is 30.3 Å². The van der Waals surface area contributed by atoms with Crippen LogP contribution in [-0.2, 0) is 4.74 Å². The molecule has 2 heterocycles. The maximum absolute atomic E-state index is 13.8. The van der Waals surface area contributed by atoms with Gasteiger partial charge in [0.05, 0.1) is 25.2 Å². The lowest BCUT2D eigenvalue weighted by Gasteiger charge is -2.36. The number of fused-ring (bicyclic) bond motifs is 1. The molecule has 6 nitrogen and oxygen atoms in total. The first-order valence-electron chi connectivity index (χ1n) is 9.73. The summed E-state index contributed by atoms with van der Waals surface area (Å²) in [5.74, 6) is 0.486. The molecule has 4 rings (SSSR count). The van der Waals surface area contributed by atoms with Crippen molar-refractivity contribution in [3.8, 4) is 11.5 Å². The van der Waals surface area contributed by atoms with Gasteiger partial charge in [0.15, 0.2) is 5.78 Å². The van der Waals surface area contributed by atoms with Crippen LogP contribution in [-0.4, -0.2) is 44.3 Å². The molecule has 0 aromatic heterocycles. The van der Waals surface area contributed by atoms with Crippen molar-refractivity contribution >= 4 is 17.2 Å². The number of nitrogens with zero attached hydrogens (tertiary/aromatic N) is 1. The predicted octanol–water partition coefficient (Wildman–Crippen LogP) is 3.36. The molecule has 1 saturated heterocycles. The maximum Gasteiger partial charge on any atom is 0.172 e. The molecule has 1 atom stereocenters. The van der Waals surface area contributed by atoms with E-state index < -0.39 is 5.60 Å². The number of hydrogen-bond donors (Lipinski definition) is 1. The molecular formula is C22H25FN2O4. The lowest BCUT2D eigenvalue weighted by Crippen LogP contribution is -2.44. The van der Waals surface area contributed by atoms with Gasteiger partial charge in [0.1, 0.15) is 29.5 Å². The van der Waals surface area contributed by atoms with Gasteiger partial charge in [-0.15, -0.1) is 0 Å². The lowest BCUT2D eigenvalue weighted by atomic mass is 9.91. The monoisotopic (exact) mass is 400 g/mol. The van der Waals surface area contributed by atoms with Crippen LogP contribution in [0.2, 0.25) is 0 Å². The molecule has 2 aromatic carbocycles. The number of nitrogen functional groups attached to an aromatic ring is 1. The Hall–Kier alpha value is -2.80. The van der Waals surface area contributed by atoms with E-state index in [1.165, 1.54) is 6.07 Å². The van der Waals surface area contributed by atoms with Gasteiger partial charge in [-0.05, 0) is 32.0 Å². The second-order valence-corrected chi connectivity index (χ2v) is 7.81. The van der Waals surface area contributed by atoms with Gasteiger partial charge < -0.3 is 24.8 Å². The SMILES string of the molecule is Cc1c(F)cccc1OCC1(C)CC(=O)c2c(N)cc(N3CCOCC3)cc2O1. The van der Waals surface area contributed by atoms with Gasteiger partial charge in [-0.25, -0.2) is 4.39 Å². The summed E-state index contributed by atoms with van der Waals surface area (Å²) in [6.07, 6.45) is 0.134. The fourth-order valence-corrected chi connectivity index (χ4v) is 3.79. The van der Waals surface area contributed by atoms with E-state index in [0.29, 0.717) is 41.5 Å². The minimum atomic E-state index is -0.876. The fourth-order valence-electron chi connectivity index (χ4n) is 3.79. The molecule has 154 valence electrons. The van der Waals surface area contributed by atoms with Crippen LogP contribution in [0.3, 0.4) is 0 Å². The van der Waals surface area contributed by atoms with Crippen molar-refractivity contribution in [2.24, 2.45) is 0 Å². The number of anilines is 2. The summed E-state index contributed by atoms with van der Waals surface area (Å²) < 4.78 is 31.2. The summed E-state index contributed by atoms with van der Waals surface area (Å²) in [5, 5.41) is 0. The quantitative estimate of drug-likeness (QED) is 0.794. The molecule has 1 fully saturated rings. The van der Waals surface area contributed by atoms with Crippen molar-refractivity contribution in [3.05, 3.63) is 47.3 Å². The summed E-state index contributed by atoms with van der Waals surface area (Å²) in [5.41, 5.74) is 7.49. The van der Waals surface area contributed by atoms with Crippen LogP contribution in [0.5, 0.6) is 11.5 Å². The second kappa shape index (κ2) is 7.55. The Balaban J connectivity index is 1.58. The van der Waals surface area contributed by atoms with E-state index in [1.807, 2.05) is 19.1 Å². The summed E-state index contributed by atoms with van der Waals surface area (Å²) in [4.78, 5) is 15.0. The van der Waals surface area contributed by atoms with Gasteiger partial charge in [-0.2, -0.15) is 0 Å². The first-order chi connectivity index (χ1) is 13.9. The van der Waals surface area contributed by atoms with E-state index in [4.69, 9.17) is 19.9 Å². The van der Waals surface area contributed by atoms with Crippen molar-refractivity contribution in [1.82, 2.24) is 0 Å². The van der Waals surface area contributed by atoms with E-state index in [0.717, 1.165) is 18.8 Å². The minimum absolute atomic E-state index is 0.0839. The number of ether oxygens (including phenoxy) is 3. The van der Waals surface area contributed by atoms with E-state index in [-0.39, 0.29) is 24.6 Å². The van der Waals surface area contributed by atoms with Crippen LogP contribution in [0.25, 0.3) is 0 Å². The Kier molecular flexibility index (Phi) is 5.08. The number of carbonyl (C=O) groups is 1. The minimum Gasteiger partial charge on any atom is -0.489 e. The third kappa shape index (κ3) is 3.87. The normalized spacial score (nSPS) is 21.5. The average molecular weight is 400 g/mol. The van der Waals surface area contributed by atoms with Gasteiger partial charge >= 0.3 is 0 Å². The van der Waals surface area contributed by atoms with E-state index in [9.17, 15) is 9.18 Å².